The predicted molar refractivity (Wildman–Crippen MR) is 79.6 cm³/mol. The summed E-state index contributed by atoms with van der Waals surface area (Å²) >= 11 is 10.9. The second-order valence-electron chi connectivity index (χ2n) is 4.17. The molecule has 2 rings (SSSR count). The zero-order chi connectivity index (χ0) is 14.0. The van der Waals surface area contributed by atoms with Gasteiger partial charge in [0.15, 0.2) is 0 Å². The van der Waals surface area contributed by atoms with Crippen LogP contribution in [0.25, 0.3) is 0 Å². The number of nitrogens with two attached hydrogens (primary N) is 1. The molecule has 0 saturated carbocycles. The first-order chi connectivity index (χ1) is 8.99. The quantitative estimate of drug-likeness (QED) is 0.881. The van der Waals surface area contributed by atoms with E-state index in [1.807, 2.05) is 31.2 Å². The fourth-order valence-corrected chi connectivity index (χ4v) is 2.18. The Morgan fingerprint density at radius 3 is 2.63 bits per heavy atom. The lowest BCUT2D eigenvalue weighted by molar-refractivity contribution is 0.278. The molecule has 0 aliphatic rings. The van der Waals surface area contributed by atoms with E-state index in [4.69, 9.17) is 34.3 Å². The van der Waals surface area contributed by atoms with Gasteiger partial charge in [-0.15, -0.1) is 0 Å². The van der Waals surface area contributed by atoms with Crippen LogP contribution in [0.5, 0.6) is 5.88 Å². The lowest BCUT2D eigenvalue weighted by Crippen LogP contribution is -2.12. The zero-order valence-electron chi connectivity index (χ0n) is 10.7. The fourth-order valence-electron chi connectivity index (χ4n) is 1.82. The first-order valence-electron chi connectivity index (χ1n) is 5.69. The first kappa shape index (κ1) is 13.8. The number of nitrogens with zero attached hydrogens (tertiary/aromatic N) is 2. The SMILES string of the molecule is Cc1nn(C)c(OCc2ccc(Cl)cc2)c1C(N)=S. The van der Waals surface area contributed by atoms with E-state index in [9.17, 15) is 0 Å². The molecule has 0 radical (unpaired) electrons. The molecule has 0 bridgehead atoms. The van der Waals surface area contributed by atoms with Crippen molar-refractivity contribution in [3.8, 4) is 5.88 Å². The van der Waals surface area contributed by atoms with E-state index in [-0.39, 0.29) is 4.99 Å². The molecule has 2 N–H and O–H groups in total. The Labute approximate surface area is 122 Å². The average Bonchev–Trinajstić information content (AvgIpc) is 2.63. The second kappa shape index (κ2) is 5.59. The Bertz CT molecular complexity index is 607. The summed E-state index contributed by atoms with van der Waals surface area (Å²) < 4.78 is 7.40. The molecular weight excluding hydrogens is 282 g/mol. The number of hydrogen-bond donors (Lipinski definition) is 1. The molecule has 100 valence electrons. The molecule has 6 heteroatoms. The van der Waals surface area contributed by atoms with Gasteiger partial charge in [0.2, 0.25) is 5.88 Å². The van der Waals surface area contributed by atoms with Crippen LogP contribution in [0.4, 0.5) is 0 Å². The summed E-state index contributed by atoms with van der Waals surface area (Å²) in [5.74, 6) is 0.583. The number of aromatic nitrogens is 2. The Morgan fingerprint density at radius 2 is 2.05 bits per heavy atom. The highest BCUT2D eigenvalue weighted by molar-refractivity contribution is 7.80. The summed E-state index contributed by atoms with van der Waals surface area (Å²) in [6.07, 6.45) is 0. The van der Waals surface area contributed by atoms with Gasteiger partial charge in [0.05, 0.1) is 11.3 Å². The van der Waals surface area contributed by atoms with E-state index in [0.29, 0.717) is 23.1 Å². The number of thiocarbonyl (C=S) groups is 1. The van der Waals surface area contributed by atoms with Crippen molar-refractivity contribution in [2.24, 2.45) is 12.8 Å². The fraction of sp³-hybridized carbons (Fsp3) is 0.231. The molecule has 1 aromatic heterocycles. The minimum atomic E-state index is 0.289. The number of benzene rings is 1. The van der Waals surface area contributed by atoms with E-state index in [0.717, 1.165) is 11.3 Å². The van der Waals surface area contributed by atoms with Crippen LogP contribution in [-0.4, -0.2) is 14.8 Å². The highest BCUT2D eigenvalue weighted by Crippen LogP contribution is 2.22. The molecule has 0 unspecified atom stereocenters. The number of halogens is 1. The molecule has 4 nitrogen and oxygen atoms in total. The van der Waals surface area contributed by atoms with Gasteiger partial charge < -0.3 is 10.5 Å². The molecule has 0 aliphatic carbocycles. The van der Waals surface area contributed by atoms with Crippen molar-refractivity contribution in [1.29, 1.82) is 0 Å². The molecule has 0 fully saturated rings. The van der Waals surface area contributed by atoms with Crippen LogP contribution in [0.3, 0.4) is 0 Å². The third-order valence-electron chi connectivity index (χ3n) is 2.70. The van der Waals surface area contributed by atoms with Gasteiger partial charge in [0.1, 0.15) is 11.6 Å². The number of rotatable bonds is 4. The summed E-state index contributed by atoms with van der Waals surface area (Å²) in [4.78, 5) is 0.289. The maximum atomic E-state index is 5.84. The minimum absolute atomic E-state index is 0.289. The predicted octanol–water partition coefficient (Wildman–Crippen LogP) is 2.60. The van der Waals surface area contributed by atoms with Crippen LogP contribution in [-0.2, 0) is 13.7 Å². The standard InChI is InChI=1S/C13H14ClN3OS/c1-8-11(12(15)19)13(17(2)16-8)18-7-9-3-5-10(14)6-4-9/h3-6H,7H2,1-2H3,(H2,15,19). The van der Waals surface area contributed by atoms with Crippen molar-refractivity contribution in [2.45, 2.75) is 13.5 Å². The normalized spacial score (nSPS) is 10.5. The van der Waals surface area contributed by atoms with Crippen molar-refractivity contribution >= 4 is 28.8 Å². The summed E-state index contributed by atoms with van der Waals surface area (Å²) in [7, 11) is 1.80. The van der Waals surface area contributed by atoms with Gasteiger partial charge in [-0.25, -0.2) is 4.68 Å². The van der Waals surface area contributed by atoms with E-state index in [2.05, 4.69) is 5.10 Å². The minimum Gasteiger partial charge on any atom is -0.472 e. The van der Waals surface area contributed by atoms with Crippen LogP contribution in [0.1, 0.15) is 16.8 Å². The zero-order valence-corrected chi connectivity index (χ0v) is 12.3. The maximum Gasteiger partial charge on any atom is 0.222 e. The smallest absolute Gasteiger partial charge is 0.222 e. The molecular formula is C13H14ClN3OS. The van der Waals surface area contributed by atoms with Crippen LogP contribution in [0, 0.1) is 6.92 Å². The molecule has 0 amide bonds. The van der Waals surface area contributed by atoms with Gasteiger partial charge in [-0.3, -0.25) is 0 Å². The van der Waals surface area contributed by atoms with Crippen molar-refractivity contribution in [2.75, 3.05) is 0 Å². The van der Waals surface area contributed by atoms with Crippen molar-refractivity contribution in [3.63, 3.8) is 0 Å². The van der Waals surface area contributed by atoms with E-state index >= 15 is 0 Å². The van der Waals surface area contributed by atoms with E-state index in [1.54, 1.807) is 11.7 Å². The topological polar surface area (TPSA) is 53.1 Å². The van der Waals surface area contributed by atoms with Gasteiger partial charge >= 0.3 is 0 Å². The molecule has 0 aliphatic heterocycles. The first-order valence-corrected chi connectivity index (χ1v) is 6.48. The van der Waals surface area contributed by atoms with Gasteiger partial charge in [-0.2, -0.15) is 5.10 Å². The Morgan fingerprint density at radius 1 is 1.42 bits per heavy atom. The monoisotopic (exact) mass is 295 g/mol. The Balaban J connectivity index is 2.20. The van der Waals surface area contributed by atoms with Gasteiger partial charge in [0.25, 0.3) is 0 Å². The Kier molecular flexibility index (Phi) is 4.07. The van der Waals surface area contributed by atoms with Gasteiger partial charge in [0, 0.05) is 12.1 Å². The molecule has 2 aromatic rings. The van der Waals surface area contributed by atoms with Gasteiger partial charge in [-0.05, 0) is 24.6 Å². The van der Waals surface area contributed by atoms with Crippen LogP contribution in [0.15, 0.2) is 24.3 Å². The molecule has 1 heterocycles. The van der Waals surface area contributed by atoms with Crippen LogP contribution in [0.2, 0.25) is 5.02 Å². The van der Waals surface area contributed by atoms with Crippen molar-refractivity contribution in [1.82, 2.24) is 9.78 Å². The third-order valence-corrected chi connectivity index (χ3v) is 3.16. The average molecular weight is 296 g/mol. The number of hydrogen-bond acceptors (Lipinski definition) is 3. The third kappa shape index (κ3) is 3.05. The van der Waals surface area contributed by atoms with Crippen LogP contribution >= 0.6 is 23.8 Å². The summed E-state index contributed by atoms with van der Waals surface area (Å²) in [5, 5.41) is 4.96. The van der Waals surface area contributed by atoms with Crippen molar-refractivity contribution in [3.05, 3.63) is 46.1 Å². The molecule has 19 heavy (non-hydrogen) atoms. The molecule has 0 spiro atoms. The molecule has 0 atom stereocenters. The van der Waals surface area contributed by atoms with Crippen LogP contribution < -0.4 is 10.5 Å². The lowest BCUT2D eigenvalue weighted by atomic mass is 10.2. The van der Waals surface area contributed by atoms with E-state index < -0.39 is 0 Å². The molecule has 1 aromatic carbocycles. The maximum absolute atomic E-state index is 5.84. The highest BCUT2D eigenvalue weighted by Gasteiger charge is 2.16. The second-order valence-corrected chi connectivity index (χ2v) is 5.04. The number of ether oxygens (including phenoxy) is 1. The van der Waals surface area contributed by atoms with Gasteiger partial charge in [-0.1, -0.05) is 36.0 Å². The summed E-state index contributed by atoms with van der Waals surface area (Å²) in [6.45, 7) is 2.26. The largest absolute Gasteiger partial charge is 0.472 e. The Hall–Kier alpha value is -1.59. The summed E-state index contributed by atoms with van der Waals surface area (Å²) in [5.41, 5.74) is 8.16. The molecule has 0 saturated heterocycles. The summed E-state index contributed by atoms with van der Waals surface area (Å²) in [6, 6.07) is 7.46. The van der Waals surface area contributed by atoms with Crippen molar-refractivity contribution < 1.29 is 4.74 Å². The highest BCUT2D eigenvalue weighted by atomic mass is 35.5. The number of aryl methyl sites for hydroxylation is 2. The lowest BCUT2D eigenvalue weighted by Gasteiger charge is -2.08. The van der Waals surface area contributed by atoms with E-state index in [1.165, 1.54) is 0 Å².